The van der Waals surface area contributed by atoms with Crippen molar-refractivity contribution in [2.24, 2.45) is 0 Å². The lowest BCUT2D eigenvalue weighted by atomic mass is 10.3. The normalized spacial score (nSPS) is 17.6. The van der Waals surface area contributed by atoms with Gasteiger partial charge in [-0.25, -0.2) is 9.97 Å². The van der Waals surface area contributed by atoms with Gasteiger partial charge in [0.1, 0.15) is 5.75 Å². The first-order chi connectivity index (χ1) is 9.36. The Morgan fingerprint density at radius 2 is 2.26 bits per heavy atom. The lowest BCUT2D eigenvalue weighted by Crippen LogP contribution is -2.19. The molecule has 0 saturated heterocycles. The van der Waals surface area contributed by atoms with Crippen LogP contribution >= 0.6 is 11.8 Å². The van der Waals surface area contributed by atoms with Crippen LogP contribution in [-0.2, 0) is 6.54 Å². The molecule has 0 fully saturated rings. The molecule has 98 valence electrons. The summed E-state index contributed by atoms with van der Waals surface area (Å²) in [7, 11) is 1.91. The zero-order chi connectivity index (χ0) is 13.1. The zero-order valence-corrected chi connectivity index (χ0v) is 11.5. The van der Waals surface area contributed by atoms with E-state index < -0.39 is 0 Å². The molecule has 0 spiro atoms. The molecule has 1 unspecified atom stereocenters. The molecule has 1 N–H and O–H groups in total. The van der Waals surface area contributed by atoms with Crippen LogP contribution in [0.1, 0.15) is 17.6 Å². The number of nitrogens with zero attached hydrogens (tertiary/aromatic N) is 2. The molecule has 4 nitrogen and oxygen atoms in total. The summed E-state index contributed by atoms with van der Waals surface area (Å²) in [5.41, 5.74) is 0.986. The third kappa shape index (κ3) is 2.72. The van der Waals surface area contributed by atoms with Crippen LogP contribution in [-0.4, -0.2) is 22.8 Å². The summed E-state index contributed by atoms with van der Waals surface area (Å²) in [5.74, 6) is 2.53. The Bertz CT molecular complexity index is 576. The molecule has 1 aromatic heterocycles. The maximum atomic E-state index is 5.98. The van der Waals surface area contributed by atoms with Gasteiger partial charge < -0.3 is 10.1 Å². The number of hydrogen-bond acceptors (Lipinski definition) is 5. The fourth-order valence-electron chi connectivity index (χ4n) is 1.99. The molecular formula is C14H15N3OS. The van der Waals surface area contributed by atoms with Crippen LogP contribution in [0.15, 0.2) is 41.4 Å². The van der Waals surface area contributed by atoms with Gasteiger partial charge >= 0.3 is 0 Å². The molecule has 1 aliphatic heterocycles. The number of hydrogen-bond donors (Lipinski definition) is 1. The number of rotatable bonds is 3. The molecule has 0 aliphatic carbocycles. The van der Waals surface area contributed by atoms with Crippen LogP contribution in [0.5, 0.6) is 5.75 Å². The largest absolute Gasteiger partial charge is 0.480 e. The predicted molar refractivity (Wildman–Crippen MR) is 75.3 cm³/mol. The van der Waals surface area contributed by atoms with Gasteiger partial charge in [-0.15, -0.1) is 11.8 Å². The van der Waals surface area contributed by atoms with E-state index in [0.717, 1.165) is 29.6 Å². The van der Waals surface area contributed by atoms with Gasteiger partial charge in [-0.05, 0) is 25.2 Å². The van der Waals surface area contributed by atoms with Crippen LogP contribution in [0.2, 0.25) is 0 Å². The monoisotopic (exact) mass is 273 g/mol. The Balaban J connectivity index is 1.82. The second-order valence-corrected chi connectivity index (χ2v) is 5.36. The molecule has 0 bridgehead atoms. The molecule has 5 heteroatoms. The van der Waals surface area contributed by atoms with E-state index in [1.165, 1.54) is 4.90 Å². The minimum atomic E-state index is -0.0725. The third-order valence-electron chi connectivity index (χ3n) is 2.89. The van der Waals surface area contributed by atoms with Crippen molar-refractivity contribution in [3.8, 4) is 5.75 Å². The highest BCUT2D eigenvalue weighted by Crippen LogP contribution is 2.39. The van der Waals surface area contributed by atoms with Gasteiger partial charge in [-0.1, -0.05) is 12.1 Å². The third-order valence-corrected chi connectivity index (χ3v) is 4.00. The number of para-hydroxylation sites is 1. The van der Waals surface area contributed by atoms with Gasteiger partial charge in [0.15, 0.2) is 11.9 Å². The first-order valence-corrected chi connectivity index (χ1v) is 7.20. The van der Waals surface area contributed by atoms with E-state index in [1.807, 2.05) is 31.3 Å². The van der Waals surface area contributed by atoms with Gasteiger partial charge in [-0.2, -0.15) is 0 Å². The molecule has 2 aromatic rings. The summed E-state index contributed by atoms with van der Waals surface area (Å²) < 4.78 is 5.98. The zero-order valence-electron chi connectivity index (χ0n) is 10.7. The lowest BCUT2D eigenvalue weighted by molar-refractivity contribution is 0.210. The first-order valence-electron chi connectivity index (χ1n) is 6.22. The van der Waals surface area contributed by atoms with E-state index in [2.05, 4.69) is 21.4 Å². The van der Waals surface area contributed by atoms with Gasteiger partial charge in [0, 0.05) is 23.4 Å². The summed E-state index contributed by atoms with van der Waals surface area (Å²) in [6.07, 6.45) is 1.72. The Morgan fingerprint density at radius 1 is 1.37 bits per heavy atom. The molecular weight excluding hydrogens is 258 g/mol. The minimum Gasteiger partial charge on any atom is -0.480 e. The SMILES string of the molecule is CNCc1ccnc(C2CSc3ccccc3O2)n1. The van der Waals surface area contributed by atoms with E-state index in [4.69, 9.17) is 4.74 Å². The van der Waals surface area contributed by atoms with Crippen molar-refractivity contribution in [1.82, 2.24) is 15.3 Å². The highest BCUT2D eigenvalue weighted by Gasteiger charge is 2.23. The molecule has 2 heterocycles. The Labute approximate surface area is 116 Å². The van der Waals surface area contributed by atoms with Crippen LogP contribution in [0, 0.1) is 0 Å². The molecule has 0 amide bonds. The molecule has 3 rings (SSSR count). The quantitative estimate of drug-likeness (QED) is 0.930. The fraction of sp³-hybridized carbons (Fsp3) is 0.286. The molecule has 1 aromatic carbocycles. The van der Waals surface area contributed by atoms with Gasteiger partial charge in [0.05, 0.1) is 5.69 Å². The number of benzene rings is 1. The van der Waals surface area contributed by atoms with Crippen LogP contribution in [0.4, 0.5) is 0 Å². The molecule has 0 saturated carbocycles. The van der Waals surface area contributed by atoms with Crippen molar-refractivity contribution in [2.75, 3.05) is 12.8 Å². The van der Waals surface area contributed by atoms with Crippen molar-refractivity contribution in [3.63, 3.8) is 0 Å². The van der Waals surface area contributed by atoms with Gasteiger partial charge in [0.2, 0.25) is 0 Å². The van der Waals surface area contributed by atoms with Crippen molar-refractivity contribution >= 4 is 11.8 Å². The van der Waals surface area contributed by atoms with E-state index in [9.17, 15) is 0 Å². The van der Waals surface area contributed by atoms with E-state index in [-0.39, 0.29) is 6.10 Å². The molecule has 1 atom stereocenters. The van der Waals surface area contributed by atoms with Gasteiger partial charge in [-0.3, -0.25) is 0 Å². The highest BCUT2D eigenvalue weighted by molar-refractivity contribution is 7.99. The Morgan fingerprint density at radius 3 is 3.16 bits per heavy atom. The summed E-state index contributed by atoms with van der Waals surface area (Å²) in [6.45, 7) is 0.742. The van der Waals surface area contributed by atoms with Gasteiger partial charge in [0.25, 0.3) is 0 Å². The summed E-state index contributed by atoms with van der Waals surface area (Å²) >= 11 is 1.79. The van der Waals surface area contributed by atoms with Crippen molar-refractivity contribution in [1.29, 1.82) is 0 Å². The lowest BCUT2D eigenvalue weighted by Gasteiger charge is -2.24. The van der Waals surface area contributed by atoms with Crippen LogP contribution < -0.4 is 10.1 Å². The van der Waals surface area contributed by atoms with Crippen LogP contribution in [0.3, 0.4) is 0 Å². The fourth-order valence-corrected chi connectivity index (χ4v) is 2.98. The Kier molecular flexibility index (Phi) is 3.66. The number of ether oxygens (including phenoxy) is 1. The number of thioether (sulfide) groups is 1. The summed E-state index contributed by atoms with van der Waals surface area (Å²) in [4.78, 5) is 10.1. The number of nitrogens with one attached hydrogen (secondary N) is 1. The number of aromatic nitrogens is 2. The molecule has 0 radical (unpaired) electrons. The van der Waals surface area contributed by atoms with Crippen molar-refractivity contribution in [3.05, 3.63) is 48.0 Å². The minimum absolute atomic E-state index is 0.0725. The summed E-state index contributed by atoms with van der Waals surface area (Å²) in [5, 5.41) is 3.09. The molecule has 19 heavy (non-hydrogen) atoms. The Hall–Kier alpha value is -1.59. The van der Waals surface area contributed by atoms with Crippen molar-refractivity contribution in [2.45, 2.75) is 17.5 Å². The van der Waals surface area contributed by atoms with Crippen molar-refractivity contribution < 1.29 is 4.74 Å². The summed E-state index contributed by atoms with van der Waals surface area (Å²) in [6, 6.07) is 10.0. The smallest absolute Gasteiger partial charge is 0.170 e. The standard InChI is InChI=1S/C14H15N3OS/c1-15-8-10-6-7-16-14(17-10)12-9-19-13-5-3-2-4-11(13)18-12/h2-7,12,15H,8-9H2,1H3. The van der Waals surface area contributed by atoms with E-state index in [0.29, 0.717) is 0 Å². The van der Waals surface area contributed by atoms with E-state index in [1.54, 1.807) is 18.0 Å². The topological polar surface area (TPSA) is 47.0 Å². The molecule has 1 aliphatic rings. The second kappa shape index (κ2) is 5.59. The predicted octanol–water partition coefficient (Wildman–Crippen LogP) is 2.42. The average molecular weight is 273 g/mol. The maximum absolute atomic E-state index is 5.98. The average Bonchev–Trinajstić information content (AvgIpc) is 2.47. The second-order valence-electron chi connectivity index (χ2n) is 4.30. The van der Waals surface area contributed by atoms with E-state index >= 15 is 0 Å². The first kappa shape index (κ1) is 12.4. The highest BCUT2D eigenvalue weighted by atomic mass is 32.2. The van der Waals surface area contributed by atoms with Crippen LogP contribution in [0.25, 0.3) is 0 Å². The number of fused-ring (bicyclic) bond motifs is 1. The maximum Gasteiger partial charge on any atom is 0.170 e.